The van der Waals surface area contributed by atoms with Crippen LogP contribution >= 0.6 is 11.6 Å². The summed E-state index contributed by atoms with van der Waals surface area (Å²) in [6.45, 7) is 0.857. The second-order valence-corrected chi connectivity index (χ2v) is 8.82. The quantitative estimate of drug-likeness (QED) is 0.709. The van der Waals surface area contributed by atoms with Crippen molar-refractivity contribution in [1.29, 1.82) is 0 Å². The van der Waals surface area contributed by atoms with E-state index in [2.05, 4.69) is 9.88 Å². The SMILES string of the molecule is CN(C)CCc1c(CS(=O)(=O)c2ccc(Cl)cc2)[nH]c2ccccc12. The Bertz CT molecular complexity index is 976. The van der Waals surface area contributed by atoms with Crippen LogP contribution in [0.1, 0.15) is 11.3 Å². The monoisotopic (exact) mass is 376 g/mol. The maximum Gasteiger partial charge on any atom is 0.183 e. The molecule has 3 aromatic rings. The largest absolute Gasteiger partial charge is 0.357 e. The van der Waals surface area contributed by atoms with Crippen molar-refractivity contribution < 1.29 is 8.42 Å². The van der Waals surface area contributed by atoms with Gasteiger partial charge in [0.1, 0.15) is 0 Å². The summed E-state index contributed by atoms with van der Waals surface area (Å²) in [5, 5.41) is 1.61. The van der Waals surface area contributed by atoms with E-state index >= 15 is 0 Å². The molecule has 0 aliphatic carbocycles. The molecule has 25 heavy (non-hydrogen) atoms. The predicted octanol–water partition coefficient (Wildman–Crippen LogP) is 3.90. The van der Waals surface area contributed by atoms with E-state index in [0.717, 1.165) is 35.1 Å². The topological polar surface area (TPSA) is 53.2 Å². The smallest absolute Gasteiger partial charge is 0.183 e. The minimum absolute atomic E-state index is 0.0495. The number of fused-ring (bicyclic) bond motifs is 1. The van der Waals surface area contributed by atoms with Crippen molar-refractivity contribution in [2.75, 3.05) is 20.6 Å². The number of benzene rings is 2. The van der Waals surface area contributed by atoms with Crippen LogP contribution in [-0.4, -0.2) is 38.9 Å². The van der Waals surface area contributed by atoms with E-state index in [9.17, 15) is 8.42 Å². The summed E-state index contributed by atoms with van der Waals surface area (Å²) < 4.78 is 25.6. The molecule has 1 N–H and O–H groups in total. The van der Waals surface area contributed by atoms with Gasteiger partial charge >= 0.3 is 0 Å². The number of nitrogens with one attached hydrogen (secondary N) is 1. The van der Waals surface area contributed by atoms with Gasteiger partial charge in [0.15, 0.2) is 9.84 Å². The minimum atomic E-state index is -3.44. The fraction of sp³-hybridized carbons (Fsp3) is 0.263. The Morgan fingerprint density at radius 3 is 2.40 bits per heavy atom. The number of aromatic nitrogens is 1. The zero-order valence-electron chi connectivity index (χ0n) is 14.3. The van der Waals surface area contributed by atoms with Gasteiger partial charge in [-0.05, 0) is 56.4 Å². The number of hydrogen-bond acceptors (Lipinski definition) is 3. The molecular weight excluding hydrogens is 356 g/mol. The Labute approximate surface area is 153 Å². The second kappa shape index (κ2) is 7.20. The van der Waals surface area contributed by atoms with Gasteiger partial charge in [-0.2, -0.15) is 0 Å². The van der Waals surface area contributed by atoms with E-state index in [0.29, 0.717) is 5.02 Å². The van der Waals surface area contributed by atoms with E-state index in [1.54, 1.807) is 24.3 Å². The summed E-state index contributed by atoms with van der Waals surface area (Å²) in [6, 6.07) is 14.3. The molecule has 0 bridgehead atoms. The normalized spacial score (nSPS) is 12.2. The molecule has 0 aliphatic rings. The van der Waals surface area contributed by atoms with E-state index in [-0.39, 0.29) is 10.6 Å². The third-order valence-electron chi connectivity index (χ3n) is 4.22. The average Bonchev–Trinajstić information content (AvgIpc) is 2.89. The van der Waals surface area contributed by atoms with Crippen molar-refractivity contribution in [2.24, 2.45) is 0 Å². The van der Waals surface area contributed by atoms with E-state index in [1.165, 1.54) is 0 Å². The van der Waals surface area contributed by atoms with Crippen LogP contribution in [0.4, 0.5) is 0 Å². The van der Waals surface area contributed by atoms with E-state index in [1.807, 2.05) is 38.4 Å². The number of rotatable bonds is 6. The van der Waals surface area contributed by atoms with Crippen LogP contribution < -0.4 is 0 Å². The van der Waals surface area contributed by atoms with Crippen molar-refractivity contribution in [1.82, 2.24) is 9.88 Å². The van der Waals surface area contributed by atoms with Crippen LogP contribution in [0.5, 0.6) is 0 Å². The fourth-order valence-corrected chi connectivity index (χ4v) is 4.39. The number of nitrogens with zero attached hydrogens (tertiary/aromatic N) is 1. The lowest BCUT2D eigenvalue weighted by Gasteiger charge is -2.11. The summed E-state index contributed by atoms with van der Waals surface area (Å²) in [7, 11) is 0.583. The average molecular weight is 377 g/mol. The zero-order valence-corrected chi connectivity index (χ0v) is 15.9. The third kappa shape index (κ3) is 4.06. The van der Waals surface area contributed by atoms with Gasteiger partial charge in [0, 0.05) is 28.2 Å². The predicted molar refractivity (Wildman–Crippen MR) is 103 cm³/mol. The van der Waals surface area contributed by atoms with Crippen molar-refractivity contribution in [2.45, 2.75) is 17.1 Å². The summed E-state index contributed by atoms with van der Waals surface area (Å²) in [4.78, 5) is 5.68. The molecule has 0 unspecified atom stereocenters. The molecule has 2 aromatic carbocycles. The van der Waals surface area contributed by atoms with Crippen molar-refractivity contribution in [3.63, 3.8) is 0 Å². The standard InChI is InChI=1S/C19H21ClN2O2S/c1-22(2)12-11-17-16-5-3-4-6-18(16)21-19(17)13-25(23,24)15-9-7-14(20)8-10-15/h3-10,21H,11-13H2,1-2H3. The number of H-pyrrole nitrogens is 1. The third-order valence-corrected chi connectivity index (χ3v) is 6.13. The molecule has 0 saturated carbocycles. The molecule has 1 heterocycles. The Kier molecular flexibility index (Phi) is 5.18. The molecule has 0 amide bonds. The number of sulfone groups is 1. The Hall–Kier alpha value is -1.82. The molecule has 4 nitrogen and oxygen atoms in total. The van der Waals surface area contributed by atoms with Crippen LogP contribution in [-0.2, 0) is 22.0 Å². The van der Waals surface area contributed by atoms with E-state index in [4.69, 9.17) is 11.6 Å². The van der Waals surface area contributed by atoms with Crippen LogP contribution in [0.3, 0.4) is 0 Å². The number of halogens is 1. The van der Waals surface area contributed by atoms with Crippen LogP contribution in [0.15, 0.2) is 53.4 Å². The van der Waals surface area contributed by atoms with Crippen molar-refractivity contribution in [3.05, 3.63) is 64.8 Å². The fourth-order valence-electron chi connectivity index (χ4n) is 2.92. The Balaban J connectivity index is 1.99. The molecule has 3 rings (SSSR count). The van der Waals surface area contributed by atoms with Gasteiger partial charge in [0.2, 0.25) is 0 Å². The van der Waals surface area contributed by atoms with Gasteiger partial charge in [-0.1, -0.05) is 29.8 Å². The number of aromatic amines is 1. The number of hydrogen-bond donors (Lipinski definition) is 1. The lowest BCUT2D eigenvalue weighted by Crippen LogP contribution is -2.16. The van der Waals surface area contributed by atoms with Gasteiger partial charge in [-0.3, -0.25) is 0 Å². The highest BCUT2D eigenvalue weighted by molar-refractivity contribution is 7.90. The van der Waals surface area contributed by atoms with Crippen LogP contribution in [0.2, 0.25) is 5.02 Å². The molecule has 0 radical (unpaired) electrons. The van der Waals surface area contributed by atoms with Gasteiger partial charge < -0.3 is 9.88 Å². The molecule has 1 aromatic heterocycles. The van der Waals surface area contributed by atoms with Gasteiger partial charge in [-0.25, -0.2) is 8.42 Å². The first-order valence-corrected chi connectivity index (χ1v) is 10.1. The van der Waals surface area contributed by atoms with Gasteiger partial charge in [-0.15, -0.1) is 0 Å². The Morgan fingerprint density at radius 2 is 1.72 bits per heavy atom. The maximum atomic E-state index is 12.8. The molecular formula is C19H21ClN2O2S. The number of para-hydroxylation sites is 1. The molecule has 0 fully saturated rings. The highest BCUT2D eigenvalue weighted by Crippen LogP contribution is 2.27. The number of likely N-dealkylation sites (N-methyl/N-ethyl adjacent to an activating group) is 1. The first kappa shape index (κ1) is 18.0. The first-order chi connectivity index (χ1) is 11.9. The van der Waals surface area contributed by atoms with E-state index < -0.39 is 9.84 Å². The first-order valence-electron chi connectivity index (χ1n) is 8.08. The second-order valence-electron chi connectivity index (χ2n) is 6.39. The van der Waals surface area contributed by atoms with Crippen molar-refractivity contribution >= 4 is 32.3 Å². The molecule has 0 spiro atoms. The molecule has 0 aliphatic heterocycles. The van der Waals surface area contributed by atoms with Crippen LogP contribution in [0, 0.1) is 0 Å². The lowest BCUT2D eigenvalue weighted by molar-refractivity contribution is 0.414. The Morgan fingerprint density at radius 1 is 1.04 bits per heavy atom. The van der Waals surface area contributed by atoms with Crippen molar-refractivity contribution in [3.8, 4) is 0 Å². The molecule has 0 atom stereocenters. The summed E-state index contributed by atoms with van der Waals surface area (Å²) in [6.07, 6.45) is 0.794. The molecule has 6 heteroatoms. The highest BCUT2D eigenvalue weighted by Gasteiger charge is 2.20. The minimum Gasteiger partial charge on any atom is -0.357 e. The lowest BCUT2D eigenvalue weighted by atomic mass is 10.1. The highest BCUT2D eigenvalue weighted by atomic mass is 35.5. The molecule has 0 saturated heterocycles. The van der Waals surface area contributed by atoms with Crippen LogP contribution in [0.25, 0.3) is 10.9 Å². The van der Waals surface area contributed by atoms with Gasteiger partial charge in [0.25, 0.3) is 0 Å². The molecule has 132 valence electrons. The summed E-state index contributed by atoms with van der Waals surface area (Å²) >= 11 is 5.87. The van der Waals surface area contributed by atoms with Gasteiger partial charge in [0.05, 0.1) is 10.6 Å². The zero-order chi connectivity index (χ0) is 18.0. The summed E-state index contributed by atoms with van der Waals surface area (Å²) in [5.74, 6) is -0.0495. The summed E-state index contributed by atoms with van der Waals surface area (Å²) in [5.41, 5.74) is 2.80. The maximum absolute atomic E-state index is 12.8.